The summed E-state index contributed by atoms with van der Waals surface area (Å²) in [6, 6.07) is 0. The van der Waals surface area contributed by atoms with E-state index in [0.717, 1.165) is 0 Å². The molecule has 14 heavy (non-hydrogen) atoms. The highest BCUT2D eigenvalue weighted by molar-refractivity contribution is 5.04. The molecule has 0 aromatic rings. The summed E-state index contributed by atoms with van der Waals surface area (Å²) in [7, 11) is 1.57. The summed E-state index contributed by atoms with van der Waals surface area (Å²) in [6.45, 7) is 2.87. The predicted octanol–water partition coefficient (Wildman–Crippen LogP) is 1.81. The Morgan fingerprint density at radius 1 is 1.50 bits per heavy atom. The van der Waals surface area contributed by atoms with Crippen LogP contribution in [0.4, 0.5) is 13.2 Å². The number of rotatable bonds is 5. The van der Waals surface area contributed by atoms with E-state index in [9.17, 15) is 13.2 Å². The first-order chi connectivity index (χ1) is 6.42. The zero-order chi connectivity index (χ0) is 10.8. The van der Waals surface area contributed by atoms with Crippen LogP contribution < -0.4 is 5.32 Å². The summed E-state index contributed by atoms with van der Waals surface area (Å²) >= 11 is 0. The molecule has 1 N–H and O–H groups in total. The normalized spacial score (nSPS) is 31.9. The Labute approximate surface area is 81.8 Å². The summed E-state index contributed by atoms with van der Waals surface area (Å²) in [6.07, 6.45) is -3.81. The van der Waals surface area contributed by atoms with E-state index < -0.39 is 11.6 Å². The topological polar surface area (TPSA) is 21.3 Å². The van der Waals surface area contributed by atoms with Crippen molar-refractivity contribution in [2.24, 2.45) is 11.3 Å². The van der Waals surface area contributed by atoms with Crippen LogP contribution in [0, 0.1) is 11.3 Å². The van der Waals surface area contributed by atoms with Gasteiger partial charge < -0.3 is 10.1 Å². The van der Waals surface area contributed by atoms with Crippen molar-refractivity contribution in [2.45, 2.75) is 19.5 Å². The summed E-state index contributed by atoms with van der Waals surface area (Å²) in [4.78, 5) is 0. The smallest absolute Gasteiger partial charge is 0.383 e. The molecule has 0 aliphatic heterocycles. The van der Waals surface area contributed by atoms with E-state index in [1.54, 1.807) is 7.11 Å². The Kier molecular flexibility index (Phi) is 3.42. The highest BCUT2D eigenvalue weighted by Gasteiger charge is 2.66. The Morgan fingerprint density at radius 3 is 2.57 bits per heavy atom. The Hall–Kier alpha value is -0.290. The molecule has 84 valence electrons. The SMILES string of the molecule is COCCNCC1CC1(C)C(F)(F)F. The van der Waals surface area contributed by atoms with Gasteiger partial charge >= 0.3 is 6.18 Å². The van der Waals surface area contributed by atoms with Crippen molar-refractivity contribution in [3.8, 4) is 0 Å². The van der Waals surface area contributed by atoms with E-state index in [1.165, 1.54) is 6.92 Å². The molecular weight excluding hydrogens is 195 g/mol. The lowest BCUT2D eigenvalue weighted by molar-refractivity contribution is -0.186. The van der Waals surface area contributed by atoms with Crippen molar-refractivity contribution in [2.75, 3.05) is 26.8 Å². The lowest BCUT2D eigenvalue weighted by Crippen LogP contribution is -2.28. The third kappa shape index (κ3) is 2.39. The summed E-state index contributed by atoms with van der Waals surface area (Å²) < 4.78 is 42.0. The van der Waals surface area contributed by atoms with Crippen molar-refractivity contribution in [1.82, 2.24) is 5.32 Å². The third-order valence-electron chi connectivity index (χ3n) is 2.93. The van der Waals surface area contributed by atoms with Crippen LogP contribution in [-0.4, -0.2) is 33.0 Å². The van der Waals surface area contributed by atoms with Crippen molar-refractivity contribution in [3.63, 3.8) is 0 Å². The van der Waals surface area contributed by atoms with Gasteiger partial charge in [-0.05, 0) is 18.9 Å². The molecule has 0 bridgehead atoms. The molecule has 0 amide bonds. The first-order valence-electron chi connectivity index (χ1n) is 4.68. The predicted molar refractivity (Wildman–Crippen MR) is 47.0 cm³/mol. The van der Waals surface area contributed by atoms with Gasteiger partial charge in [-0.2, -0.15) is 13.2 Å². The molecule has 1 aliphatic rings. The van der Waals surface area contributed by atoms with Gasteiger partial charge in [-0.3, -0.25) is 0 Å². The summed E-state index contributed by atoms with van der Waals surface area (Å²) in [5.74, 6) is -0.264. The highest BCUT2D eigenvalue weighted by atomic mass is 19.4. The first-order valence-corrected chi connectivity index (χ1v) is 4.68. The number of ether oxygens (including phenoxy) is 1. The van der Waals surface area contributed by atoms with Crippen LogP contribution in [0.25, 0.3) is 0 Å². The second-order valence-corrected chi connectivity index (χ2v) is 4.01. The number of nitrogens with one attached hydrogen (secondary N) is 1. The van der Waals surface area contributed by atoms with Gasteiger partial charge in [-0.25, -0.2) is 0 Å². The van der Waals surface area contributed by atoms with Crippen LogP contribution in [0.5, 0.6) is 0 Å². The minimum absolute atomic E-state index is 0.247. The molecule has 1 saturated carbocycles. The maximum absolute atomic E-state index is 12.4. The highest BCUT2D eigenvalue weighted by Crippen LogP contribution is 2.61. The van der Waals surface area contributed by atoms with E-state index in [4.69, 9.17) is 4.74 Å². The maximum atomic E-state index is 12.4. The molecule has 1 fully saturated rings. The van der Waals surface area contributed by atoms with Crippen LogP contribution >= 0.6 is 0 Å². The lowest BCUT2D eigenvalue weighted by Gasteiger charge is -2.15. The van der Waals surface area contributed by atoms with E-state index >= 15 is 0 Å². The van der Waals surface area contributed by atoms with Crippen molar-refractivity contribution in [1.29, 1.82) is 0 Å². The molecule has 0 saturated heterocycles. The van der Waals surface area contributed by atoms with Crippen LogP contribution in [0.2, 0.25) is 0 Å². The van der Waals surface area contributed by atoms with Gasteiger partial charge in [0.2, 0.25) is 0 Å². The maximum Gasteiger partial charge on any atom is 0.394 e. The van der Waals surface area contributed by atoms with Gasteiger partial charge in [-0.1, -0.05) is 6.92 Å². The number of hydrogen-bond acceptors (Lipinski definition) is 2. The molecule has 5 heteroatoms. The minimum Gasteiger partial charge on any atom is -0.383 e. The number of alkyl halides is 3. The van der Waals surface area contributed by atoms with Gasteiger partial charge in [0, 0.05) is 13.7 Å². The zero-order valence-electron chi connectivity index (χ0n) is 8.45. The Balaban J connectivity index is 2.19. The van der Waals surface area contributed by atoms with Gasteiger partial charge in [0.15, 0.2) is 0 Å². The number of hydrogen-bond donors (Lipinski definition) is 1. The molecule has 1 rings (SSSR count). The fourth-order valence-corrected chi connectivity index (χ4v) is 1.55. The zero-order valence-corrected chi connectivity index (χ0v) is 8.45. The van der Waals surface area contributed by atoms with Crippen LogP contribution in [-0.2, 0) is 4.74 Å². The fourth-order valence-electron chi connectivity index (χ4n) is 1.55. The number of methoxy groups -OCH3 is 1. The fraction of sp³-hybridized carbons (Fsp3) is 1.00. The van der Waals surface area contributed by atoms with Gasteiger partial charge in [-0.15, -0.1) is 0 Å². The number of halogens is 3. The van der Waals surface area contributed by atoms with Gasteiger partial charge in [0.25, 0.3) is 0 Å². The monoisotopic (exact) mass is 211 g/mol. The van der Waals surface area contributed by atoms with Crippen LogP contribution in [0.15, 0.2) is 0 Å². The molecule has 0 heterocycles. The average Bonchev–Trinajstić information content (AvgIpc) is 2.72. The quantitative estimate of drug-likeness (QED) is 0.700. The van der Waals surface area contributed by atoms with E-state index in [0.29, 0.717) is 19.7 Å². The van der Waals surface area contributed by atoms with Crippen LogP contribution in [0.3, 0.4) is 0 Å². The summed E-state index contributed by atoms with van der Waals surface area (Å²) in [5.41, 5.74) is -1.45. The van der Waals surface area contributed by atoms with E-state index in [-0.39, 0.29) is 12.3 Å². The van der Waals surface area contributed by atoms with Gasteiger partial charge in [0.1, 0.15) is 0 Å². The molecule has 1 aliphatic carbocycles. The standard InChI is InChI=1S/C9H16F3NO/c1-8(9(10,11)12)5-7(8)6-13-3-4-14-2/h7,13H,3-6H2,1-2H3. The Morgan fingerprint density at radius 2 is 2.14 bits per heavy atom. The van der Waals surface area contributed by atoms with Gasteiger partial charge in [0.05, 0.1) is 12.0 Å². The van der Waals surface area contributed by atoms with Crippen molar-refractivity contribution >= 4 is 0 Å². The summed E-state index contributed by atoms with van der Waals surface area (Å²) in [5, 5.41) is 2.95. The molecule has 0 spiro atoms. The molecule has 2 unspecified atom stereocenters. The van der Waals surface area contributed by atoms with Crippen LogP contribution in [0.1, 0.15) is 13.3 Å². The minimum atomic E-state index is -4.05. The molecule has 0 aromatic heterocycles. The average molecular weight is 211 g/mol. The first kappa shape index (κ1) is 11.8. The molecule has 2 atom stereocenters. The Bertz CT molecular complexity index is 195. The van der Waals surface area contributed by atoms with E-state index in [1.807, 2.05) is 0 Å². The largest absolute Gasteiger partial charge is 0.394 e. The second kappa shape index (κ2) is 4.06. The second-order valence-electron chi connectivity index (χ2n) is 4.01. The van der Waals surface area contributed by atoms with Crippen molar-refractivity contribution < 1.29 is 17.9 Å². The molecular formula is C9H16F3NO. The molecule has 2 nitrogen and oxygen atoms in total. The third-order valence-corrected chi connectivity index (χ3v) is 2.93. The lowest BCUT2D eigenvalue weighted by atomic mass is 10.1. The molecule has 0 radical (unpaired) electrons. The molecule has 0 aromatic carbocycles. The van der Waals surface area contributed by atoms with Crippen molar-refractivity contribution in [3.05, 3.63) is 0 Å². The van der Waals surface area contributed by atoms with E-state index in [2.05, 4.69) is 5.32 Å².